The predicted molar refractivity (Wildman–Crippen MR) is 71.8 cm³/mol. The second-order valence-electron chi connectivity index (χ2n) is 4.45. The van der Waals surface area contributed by atoms with Gasteiger partial charge in [-0.05, 0) is 25.5 Å². The molecule has 1 amide bonds. The number of hydrogen-bond donors (Lipinski definition) is 1. The molecule has 0 atom stereocenters. The van der Waals surface area contributed by atoms with Crippen molar-refractivity contribution in [3.8, 4) is 6.07 Å². The van der Waals surface area contributed by atoms with Gasteiger partial charge in [0.1, 0.15) is 11.6 Å². The van der Waals surface area contributed by atoms with E-state index in [4.69, 9.17) is 5.26 Å². The third-order valence-corrected chi connectivity index (χ3v) is 2.82. The third-order valence-electron chi connectivity index (χ3n) is 2.82. The van der Waals surface area contributed by atoms with Crippen molar-refractivity contribution in [3.63, 3.8) is 0 Å². The van der Waals surface area contributed by atoms with E-state index in [1.807, 2.05) is 38.1 Å². The standard InChI is InChI=1S/C14H14N4O/c1-9-4-5-10(2)12(6-9)14(19)16-13-11(7-15)8-18(3)17-13/h4-6,8H,1-3H3,(H,16,17,19). The Hall–Kier alpha value is -2.61. The number of carbonyl (C=O) groups excluding carboxylic acids is 1. The van der Waals surface area contributed by atoms with Crippen LogP contribution in [-0.2, 0) is 7.05 Å². The molecular formula is C14H14N4O. The fraction of sp³-hybridized carbons (Fsp3) is 0.214. The topological polar surface area (TPSA) is 70.7 Å². The van der Waals surface area contributed by atoms with E-state index in [2.05, 4.69) is 10.4 Å². The molecule has 5 heteroatoms. The minimum atomic E-state index is -0.253. The minimum Gasteiger partial charge on any atom is -0.304 e. The zero-order valence-corrected chi connectivity index (χ0v) is 11.1. The lowest BCUT2D eigenvalue weighted by molar-refractivity contribution is 0.102. The quantitative estimate of drug-likeness (QED) is 0.892. The fourth-order valence-electron chi connectivity index (χ4n) is 1.82. The first kappa shape index (κ1) is 12.8. The van der Waals surface area contributed by atoms with Crippen molar-refractivity contribution in [2.45, 2.75) is 13.8 Å². The maximum Gasteiger partial charge on any atom is 0.257 e. The zero-order valence-electron chi connectivity index (χ0n) is 11.1. The monoisotopic (exact) mass is 254 g/mol. The molecule has 2 rings (SSSR count). The predicted octanol–water partition coefficient (Wildman–Crippen LogP) is 2.16. The van der Waals surface area contributed by atoms with Crippen LogP contribution in [0.25, 0.3) is 0 Å². The van der Waals surface area contributed by atoms with Crippen molar-refractivity contribution in [2.24, 2.45) is 7.05 Å². The number of amides is 1. The van der Waals surface area contributed by atoms with Gasteiger partial charge in [0.05, 0.1) is 0 Å². The van der Waals surface area contributed by atoms with E-state index in [-0.39, 0.29) is 11.7 Å². The van der Waals surface area contributed by atoms with E-state index in [1.54, 1.807) is 13.2 Å². The van der Waals surface area contributed by atoms with E-state index in [0.717, 1.165) is 11.1 Å². The molecule has 0 aliphatic carbocycles. The summed E-state index contributed by atoms with van der Waals surface area (Å²) in [5, 5.41) is 15.7. The highest BCUT2D eigenvalue weighted by Crippen LogP contribution is 2.15. The molecule has 1 aromatic heterocycles. The molecule has 1 heterocycles. The Bertz CT molecular complexity index is 679. The average Bonchev–Trinajstić information content (AvgIpc) is 2.72. The van der Waals surface area contributed by atoms with Crippen LogP contribution in [-0.4, -0.2) is 15.7 Å². The molecule has 0 spiro atoms. The molecule has 1 N–H and O–H groups in total. The van der Waals surface area contributed by atoms with Gasteiger partial charge >= 0.3 is 0 Å². The fourth-order valence-corrected chi connectivity index (χ4v) is 1.82. The van der Waals surface area contributed by atoms with Gasteiger partial charge in [-0.2, -0.15) is 10.4 Å². The van der Waals surface area contributed by atoms with Crippen molar-refractivity contribution in [2.75, 3.05) is 5.32 Å². The largest absolute Gasteiger partial charge is 0.304 e. The van der Waals surface area contributed by atoms with Crippen LogP contribution in [0.2, 0.25) is 0 Å². The van der Waals surface area contributed by atoms with E-state index >= 15 is 0 Å². The highest BCUT2D eigenvalue weighted by atomic mass is 16.1. The number of anilines is 1. The van der Waals surface area contributed by atoms with Gasteiger partial charge in [-0.15, -0.1) is 0 Å². The molecule has 96 valence electrons. The first-order chi connectivity index (χ1) is 9.01. The van der Waals surface area contributed by atoms with Crippen molar-refractivity contribution < 1.29 is 4.79 Å². The minimum absolute atomic E-state index is 0.253. The van der Waals surface area contributed by atoms with Gasteiger partial charge in [-0.3, -0.25) is 9.48 Å². The van der Waals surface area contributed by atoms with Gasteiger partial charge in [-0.25, -0.2) is 0 Å². The van der Waals surface area contributed by atoms with E-state index in [9.17, 15) is 4.79 Å². The summed E-state index contributed by atoms with van der Waals surface area (Å²) in [6.07, 6.45) is 1.57. The molecule has 5 nitrogen and oxygen atoms in total. The van der Waals surface area contributed by atoms with E-state index < -0.39 is 0 Å². The van der Waals surface area contributed by atoms with Gasteiger partial charge in [-0.1, -0.05) is 17.7 Å². The summed E-state index contributed by atoms with van der Waals surface area (Å²) in [4.78, 5) is 12.2. The normalized spacial score (nSPS) is 10.0. The number of nitrogens with one attached hydrogen (secondary N) is 1. The van der Waals surface area contributed by atoms with Crippen LogP contribution < -0.4 is 5.32 Å². The van der Waals surface area contributed by atoms with Gasteiger partial charge in [0.25, 0.3) is 5.91 Å². The average molecular weight is 254 g/mol. The number of nitriles is 1. The highest BCUT2D eigenvalue weighted by molar-refractivity contribution is 6.05. The molecule has 2 aromatic rings. The van der Waals surface area contributed by atoms with Crippen LogP contribution in [0.1, 0.15) is 27.0 Å². The Labute approximate surface area is 111 Å². The van der Waals surface area contributed by atoms with Gasteiger partial charge < -0.3 is 5.32 Å². The van der Waals surface area contributed by atoms with Crippen molar-refractivity contribution in [1.82, 2.24) is 9.78 Å². The molecule has 0 saturated heterocycles. The molecule has 0 bridgehead atoms. The third kappa shape index (κ3) is 2.63. The van der Waals surface area contributed by atoms with Gasteiger partial charge in [0.2, 0.25) is 0 Å². The summed E-state index contributed by atoms with van der Waals surface area (Å²) >= 11 is 0. The molecule has 19 heavy (non-hydrogen) atoms. The van der Waals surface area contributed by atoms with Crippen LogP contribution >= 0.6 is 0 Å². The SMILES string of the molecule is Cc1ccc(C)c(C(=O)Nc2nn(C)cc2C#N)c1. The smallest absolute Gasteiger partial charge is 0.257 e. The summed E-state index contributed by atoms with van der Waals surface area (Å²) < 4.78 is 1.50. The summed E-state index contributed by atoms with van der Waals surface area (Å²) in [5.74, 6) is 0.0345. The Balaban J connectivity index is 2.31. The Morgan fingerprint density at radius 3 is 2.84 bits per heavy atom. The summed E-state index contributed by atoms with van der Waals surface area (Å²) in [6, 6.07) is 7.67. The van der Waals surface area contributed by atoms with Crippen molar-refractivity contribution in [3.05, 3.63) is 46.6 Å². The van der Waals surface area contributed by atoms with Crippen LogP contribution in [0.5, 0.6) is 0 Å². The Kier molecular flexibility index (Phi) is 3.34. The molecule has 1 aromatic carbocycles. The molecule has 0 aliphatic rings. The van der Waals surface area contributed by atoms with Crippen molar-refractivity contribution >= 4 is 11.7 Å². The number of nitrogens with zero attached hydrogens (tertiary/aromatic N) is 3. The van der Waals surface area contributed by atoms with Gasteiger partial charge in [0.15, 0.2) is 5.82 Å². The van der Waals surface area contributed by atoms with Crippen LogP contribution in [0, 0.1) is 25.2 Å². The second-order valence-corrected chi connectivity index (χ2v) is 4.45. The van der Waals surface area contributed by atoms with Gasteiger partial charge in [0, 0.05) is 18.8 Å². The zero-order chi connectivity index (χ0) is 14.0. The lowest BCUT2D eigenvalue weighted by Gasteiger charge is -2.06. The molecular weight excluding hydrogens is 240 g/mol. The lowest BCUT2D eigenvalue weighted by atomic mass is 10.1. The number of aromatic nitrogens is 2. The number of rotatable bonds is 2. The number of aryl methyl sites for hydroxylation is 3. The number of benzene rings is 1. The summed E-state index contributed by atoms with van der Waals surface area (Å²) in [7, 11) is 1.70. The maximum absolute atomic E-state index is 12.2. The van der Waals surface area contributed by atoms with E-state index in [0.29, 0.717) is 11.1 Å². The number of hydrogen-bond acceptors (Lipinski definition) is 3. The van der Waals surface area contributed by atoms with Crippen LogP contribution in [0.4, 0.5) is 5.82 Å². The molecule has 0 radical (unpaired) electrons. The lowest BCUT2D eigenvalue weighted by Crippen LogP contribution is -2.14. The Morgan fingerprint density at radius 2 is 2.16 bits per heavy atom. The highest BCUT2D eigenvalue weighted by Gasteiger charge is 2.14. The molecule has 0 aliphatic heterocycles. The van der Waals surface area contributed by atoms with Crippen LogP contribution in [0.15, 0.2) is 24.4 Å². The Morgan fingerprint density at radius 1 is 1.42 bits per heavy atom. The summed E-state index contributed by atoms with van der Waals surface area (Å²) in [6.45, 7) is 3.80. The molecule has 0 unspecified atom stereocenters. The maximum atomic E-state index is 12.2. The number of carbonyl (C=O) groups is 1. The molecule has 0 saturated carbocycles. The first-order valence-corrected chi connectivity index (χ1v) is 5.83. The second kappa shape index (κ2) is 4.94. The molecule has 0 fully saturated rings. The van der Waals surface area contributed by atoms with Crippen molar-refractivity contribution in [1.29, 1.82) is 5.26 Å². The van der Waals surface area contributed by atoms with E-state index in [1.165, 1.54) is 4.68 Å². The van der Waals surface area contributed by atoms with Crippen LogP contribution in [0.3, 0.4) is 0 Å². The summed E-state index contributed by atoms with van der Waals surface area (Å²) in [5.41, 5.74) is 2.84. The first-order valence-electron chi connectivity index (χ1n) is 5.83.